The van der Waals surface area contributed by atoms with E-state index in [1.807, 2.05) is 13.8 Å². The second-order valence-electron chi connectivity index (χ2n) is 9.68. The van der Waals surface area contributed by atoms with Crippen LogP contribution in [0.3, 0.4) is 0 Å². The topological polar surface area (TPSA) is 143 Å². The highest BCUT2D eigenvalue weighted by atomic mass is 16.6. The second-order valence-corrected chi connectivity index (χ2v) is 9.68. The molecule has 0 spiro atoms. The maximum Gasteiger partial charge on any atom is 0.410 e. The van der Waals surface area contributed by atoms with Gasteiger partial charge in [-0.3, -0.25) is 14.7 Å². The number of rotatable bonds is 9. The number of nitrogens with one attached hydrogen (secondary N) is 2. The smallest absolute Gasteiger partial charge is 0.410 e. The Balaban J connectivity index is 1.28. The molecule has 2 aliphatic rings. The number of carbonyl (C=O) groups is 3. The number of nitrogens with zero attached hydrogens (tertiary/aromatic N) is 2. The molecule has 2 heterocycles. The molecule has 1 aromatic carbocycles. The average molecular weight is 501 g/mol. The van der Waals surface area contributed by atoms with E-state index in [1.54, 1.807) is 17.9 Å². The molecule has 1 saturated heterocycles. The van der Waals surface area contributed by atoms with E-state index in [-0.39, 0.29) is 40.7 Å². The van der Waals surface area contributed by atoms with Crippen LogP contribution in [0.25, 0.3) is 0 Å². The number of aromatic amines is 1. The number of hydrogen-bond donors (Lipinski definition) is 3. The highest BCUT2D eigenvalue weighted by molar-refractivity contribution is 5.91. The number of aromatic hydroxyl groups is 1. The quantitative estimate of drug-likeness (QED) is 0.443. The fraction of sp³-hybridized carbons (Fsp3) is 0.520. The van der Waals surface area contributed by atoms with Crippen molar-refractivity contribution in [2.45, 2.75) is 64.0 Å². The van der Waals surface area contributed by atoms with Crippen LogP contribution in [0, 0.1) is 0 Å². The number of benzene rings is 1. The van der Waals surface area contributed by atoms with Crippen molar-refractivity contribution >= 4 is 24.1 Å². The number of hydrogen-bond acceptors (Lipinski definition) is 8. The van der Waals surface area contributed by atoms with Gasteiger partial charge in [-0.25, -0.2) is 4.79 Å². The number of phenols is 1. The lowest BCUT2D eigenvalue weighted by atomic mass is 9.90. The number of ether oxygens (including phenoxy) is 3. The Morgan fingerprint density at radius 2 is 2.08 bits per heavy atom. The standard InChI is InChI=1S/C25H32N4O7/c1-4-34-17-10-20(31)18(13-30)21(11-17)35-14-23(32)26-22-12-19(27-28-22)15-5-6-16(9-15)36-24(33)29-8-7-25(29,2)3/h10-13,15-16,31H,4-9,14H2,1-3H3,(H2,26,27,28,32)/t15-,16+/m0/s1. The molecule has 1 aliphatic carbocycles. The lowest BCUT2D eigenvalue weighted by Crippen LogP contribution is -2.58. The predicted molar refractivity (Wildman–Crippen MR) is 130 cm³/mol. The molecule has 2 fully saturated rings. The van der Waals surface area contributed by atoms with Crippen molar-refractivity contribution in [3.63, 3.8) is 0 Å². The Morgan fingerprint density at radius 3 is 2.75 bits per heavy atom. The zero-order valence-electron chi connectivity index (χ0n) is 20.7. The maximum absolute atomic E-state index is 12.4. The normalized spacial score (nSPS) is 20.4. The van der Waals surface area contributed by atoms with Gasteiger partial charge in [-0.05, 0) is 46.5 Å². The first-order chi connectivity index (χ1) is 17.2. The Hall–Kier alpha value is -3.76. The molecule has 1 aromatic heterocycles. The summed E-state index contributed by atoms with van der Waals surface area (Å²) in [5, 5.41) is 19.8. The molecular weight excluding hydrogens is 468 g/mol. The molecule has 0 radical (unpaired) electrons. The van der Waals surface area contributed by atoms with Crippen molar-refractivity contribution < 1.29 is 33.7 Å². The minimum atomic E-state index is -0.485. The molecule has 4 rings (SSSR count). The minimum Gasteiger partial charge on any atom is -0.507 e. The van der Waals surface area contributed by atoms with Gasteiger partial charge >= 0.3 is 6.09 Å². The van der Waals surface area contributed by atoms with Crippen molar-refractivity contribution in [3.05, 3.63) is 29.5 Å². The first-order valence-corrected chi connectivity index (χ1v) is 12.1. The largest absolute Gasteiger partial charge is 0.507 e. The second kappa shape index (κ2) is 10.5. The Morgan fingerprint density at radius 1 is 1.28 bits per heavy atom. The van der Waals surface area contributed by atoms with Gasteiger partial charge in [-0.2, -0.15) is 5.10 Å². The number of aromatic nitrogens is 2. The molecule has 3 N–H and O–H groups in total. The van der Waals surface area contributed by atoms with Gasteiger partial charge in [0.25, 0.3) is 5.91 Å². The third-order valence-electron chi connectivity index (χ3n) is 6.74. The lowest BCUT2D eigenvalue weighted by molar-refractivity contribution is -0.118. The molecule has 2 aromatic rings. The molecule has 1 saturated carbocycles. The van der Waals surface area contributed by atoms with Gasteiger partial charge in [0.2, 0.25) is 0 Å². The van der Waals surface area contributed by atoms with Crippen LogP contribution in [0.15, 0.2) is 18.2 Å². The number of aldehydes is 1. The van der Waals surface area contributed by atoms with Crippen LogP contribution in [-0.2, 0) is 9.53 Å². The molecule has 36 heavy (non-hydrogen) atoms. The van der Waals surface area contributed by atoms with E-state index < -0.39 is 12.5 Å². The maximum atomic E-state index is 12.4. The molecule has 194 valence electrons. The first kappa shape index (κ1) is 25.3. The summed E-state index contributed by atoms with van der Waals surface area (Å²) in [7, 11) is 0. The molecule has 1 aliphatic heterocycles. The van der Waals surface area contributed by atoms with Crippen molar-refractivity contribution in [2.24, 2.45) is 0 Å². The van der Waals surface area contributed by atoms with Crippen LogP contribution in [0.5, 0.6) is 17.2 Å². The first-order valence-electron chi connectivity index (χ1n) is 12.1. The van der Waals surface area contributed by atoms with Crippen LogP contribution in [-0.4, -0.2) is 69.9 Å². The van der Waals surface area contributed by atoms with Crippen LogP contribution < -0.4 is 14.8 Å². The summed E-state index contributed by atoms with van der Waals surface area (Å²) in [6.07, 6.45) is 3.32. The van der Waals surface area contributed by atoms with Gasteiger partial charge in [-0.1, -0.05) is 0 Å². The molecular formula is C25H32N4O7. The highest BCUT2D eigenvalue weighted by Gasteiger charge is 2.42. The van der Waals surface area contributed by atoms with E-state index in [0.29, 0.717) is 30.9 Å². The molecule has 2 amide bonds. The number of carbonyl (C=O) groups excluding carboxylic acids is 3. The zero-order chi connectivity index (χ0) is 25.9. The number of H-pyrrole nitrogens is 1. The molecule has 0 bridgehead atoms. The van der Waals surface area contributed by atoms with Crippen molar-refractivity contribution in [1.29, 1.82) is 0 Å². The summed E-state index contributed by atoms with van der Waals surface area (Å²) in [5.41, 5.74) is 0.644. The summed E-state index contributed by atoms with van der Waals surface area (Å²) in [6, 6.07) is 4.51. The van der Waals surface area contributed by atoms with E-state index in [9.17, 15) is 19.5 Å². The van der Waals surface area contributed by atoms with Gasteiger partial charge in [0.05, 0.1) is 12.2 Å². The van der Waals surface area contributed by atoms with Crippen LogP contribution >= 0.6 is 0 Å². The number of likely N-dealkylation sites (tertiary alicyclic amines) is 1. The van der Waals surface area contributed by atoms with Crippen LogP contribution in [0.1, 0.15) is 68.4 Å². The van der Waals surface area contributed by atoms with Crippen molar-refractivity contribution in [1.82, 2.24) is 15.1 Å². The highest BCUT2D eigenvalue weighted by Crippen LogP contribution is 2.37. The summed E-state index contributed by atoms with van der Waals surface area (Å²) in [5.74, 6) is 0.0597. The third-order valence-corrected chi connectivity index (χ3v) is 6.74. The van der Waals surface area contributed by atoms with Gasteiger partial charge in [0.15, 0.2) is 18.7 Å². The summed E-state index contributed by atoms with van der Waals surface area (Å²) >= 11 is 0. The molecule has 11 nitrogen and oxygen atoms in total. The van der Waals surface area contributed by atoms with E-state index in [1.165, 1.54) is 12.1 Å². The SMILES string of the molecule is CCOc1cc(O)c(C=O)c(OCC(=O)Nc2cc([C@H]3CC[C@@H](OC(=O)N4CCC4(C)C)C3)[nH]n2)c1. The fourth-order valence-corrected chi connectivity index (χ4v) is 4.55. The Labute approximate surface area is 209 Å². The monoisotopic (exact) mass is 500 g/mol. The Bertz CT molecular complexity index is 1130. The fourth-order valence-electron chi connectivity index (χ4n) is 4.55. The van der Waals surface area contributed by atoms with E-state index in [0.717, 1.165) is 31.5 Å². The zero-order valence-corrected chi connectivity index (χ0v) is 20.7. The molecule has 11 heteroatoms. The Kier molecular flexibility index (Phi) is 7.37. The van der Waals surface area contributed by atoms with Crippen LogP contribution in [0.2, 0.25) is 0 Å². The lowest BCUT2D eigenvalue weighted by Gasteiger charge is -2.47. The number of amides is 2. The van der Waals surface area contributed by atoms with Crippen molar-refractivity contribution in [3.8, 4) is 17.2 Å². The van der Waals surface area contributed by atoms with E-state index in [2.05, 4.69) is 15.5 Å². The van der Waals surface area contributed by atoms with E-state index in [4.69, 9.17) is 14.2 Å². The number of anilines is 1. The molecule has 0 unspecified atom stereocenters. The summed E-state index contributed by atoms with van der Waals surface area (Å²) in [4.78, 5) is 37.9. The van der Waals surface area contributed by atoms with E-state index >= 15 is 0 Å². The van der Waals surface area contributed by atoms with Gasteiger partial charge in [-0.15, -0.1) is 0 Å². The minimum absolute atomic E-state index is 0.0412. The number of phenolic OH excluding ortho intramolecular Hbond substituents is 1. The molecule has 2 atom stereocenters. The van der Waals surface area contributed by atoms with Crippen LogP contribution in [0.4, 0.5) is 10.6 Å². The van der Waals surface area contributed by atoms with Gasteiger partial charge in [0, 0.05) is 41.9 Å². The van der Waals surface area contributed by atoms with Gasteiger partial charge < -0.3 is 29.5 Å². The van der Waals surface area contributed by atoms with Gasteiger partial charge in [0.1, 0.15) is 23.4 Å². The van der Waals surface area contributed by atoms with Crippen molar-refractivity contribution in [2.75, 3.05) is 25.1 Å². The summed E-state index contributed by atoms with van der Waals surface area (Å²) in [6.45, 7) is 6.54. The summed E-state index contributed by atoms with van der Waals surface area (Å²) < 4.78 is 16.5. The predicted octanol–water partition coefficient (Wildman–Crippen LogP) is 3.60. The third kappa shape index (κ3) is 5.55. The average Bonchev–Trinajstić information content (AvgIpc) is 3.46.